The first-order chi connectivity index (χ1) is 19.0. The molecule has 0 amide bonds. The third-order valence-corrected chi connectivity index (χ3v) is 7.74. The summed E-state index contributed by atoms with van der Waals surface area (Å²) >= 11 is 0. The highest BCUT2D eigenvalue weighted by atomic mass is 16.5. The van der Waals surface area contributed by atoms with Gasteiger partial charge in [-0.25, -0.2) is 4.79 Å². The number of rotatable bonds is 8. The molecule has 5 rings (SSSR count). The van der Waals surface area contributed by atoms with Gasteiger partial charge in [-0.1, -0.05) is 54.6 Å². The Bertz CT molecular complexity index is 1400. The smallest absolute Gasteiger partial charge is 0.330 e. The Hall–Kier alpha value is -4.12. The molecule has 0 spiro atoms. The molecule has 2 atom stereocenters. The summed E-state index contributed by atoms with van der Waals surface area (Å²) in [5, 5.41) is 0. The first-order valence-corrected chi connectivity index (χ1v) is 13.8. The quantitative estimate of drug-likeness (QED) is 0.205. The van der Waals surface area contributed by atoms with Gasteiger partial charge in [0.05, 0.1) is 13.2 Å². The highest BCUT2D eigenvalue weighted by molar-refractivity contribution is 6.09. The number of esters is 1. The van der Waals surface area contributed by atoms with E-state index in [9.17, 15) is 4.79 Å². The molecule has 39 heavy (non-hydrogen) atoms. The second-order valence-electron chi connectivity index (χ2n) is 10.4. The number of aliphatic imine (C=N–C) groups is 1. The second kappa shape index (κ2) is 11.7. The molecular weight excluding hydrogens is 482 g/mol. The van der Waals surface area contributed by atoms with Gasteiger partial charge in [0.1, 0.15) is 0 Å². The van der Waals surface area contributed by atoms with Crippen LogP contribution in [0.25, 0.3) is 11.6 Å². The van der Waals surface area contributed by atoms with Crippen molar-refractivity contribution in [1.82, 2.24) is 0 Å². The van der Waals surface area contributed by atoms with E-state index >= 15 is 0 Å². The van der Waals surface area contributed by atoms with Gasteiger partial charge in [0.2, 0.25) is 0 Å². The fourth-order valence-corrected chi connectivity index (χ4v) is 5.55. The number of carbonyl (C=O) groups excluding carboxylic acids is 1. The van der Waals surface area contributed by atoms with Crippen molar-refractivity contribution in [3.05, 3.63) is 112 Å². The second-order valence-corrected chi connectivity index (χ2v) is 10.4. The summed E-state index contributed by atoms with van der Waals surface area (Å²) in [6.07, 6.45) is 10.3. The zero-order chi connectivity index (χ0) is 27.4. The fourth-order valence-electron chi connectivity index (χ4n) is 5.55. The van der Waals surface area contributed by atoms with Crippen molar-refractivity contribution in [2.24, 2.45) is 10.7 Å². The Morgan fingerprint density at radius 2 is 1.77 bits per heavy atom. The van der Waals surface area contributed by atoms with Crippen molar-refractivity contribution in [1.29, 1.82) is 0 Å². The van der Waals surface area contributed by atoms with E-state index in [1.807, 2.05) is 13.1 Å². The molecule has 5 nitrogen and oxygen atoms in total. The highest BCUT2D eigenvalue weighted by Gasteiger charge is 2.34. The Labute approximate surface area is 231 Å². The number of nitrogens with two attached hydrogens (primary N) is 1. The predicted molar refractivity (Wildman–Crippen MR) is 161 cm³/mol. The van der Waals surface area contributed by atoms with Crippen molar-refractivity contribution in [3.63, 3.8) is 0 Å². The number of methoxy groups -OCH3 is 1. The number of allylic oxidation sites excluding steroid dienone is 1. The van der Waals surface area contributed by atoms with Crippen LogP contribution in [0.5, 0.6) is 0 Å². The monoisotopic (exact) mass is 519 g/mol. The van der Waals surface area contributed by atoms with Gasteiger partial charge in [-0.15, -0.1) is 0 Å². The highest BCUT2D eigenvalue weighted by Crippen LogP contribution is 2.44. The Morgan fingerprint density at radius 1 is 1.05 bits per heavy atom. The number of ether oxygens (including phenoxy) is 1. The molecule has 1 fully saturated rings. The van der Waals surface area contributed by atoms with E-state index in [2.05, 4.69) is 83.5 Å². The lowest BCUT2D eigenvalue weighted by Crippen LogP contribution is -2.43. The summed E-state index contributed by atoms with van der Waals surface area (Å²) in [7, 11) is 1.39. The summed E-state index contributed by atoms with van der Waals surface area (Å²) < 4.78 is 4.74. The number of anilines is 1. The van der Waals surface area contributed by atoms with Crippen molar-refractivity contribution in [2.75, 3.05) is 18.6 Å². The molecule has 0 saturated heterocycles. The van der Waals surface area contributed by atoms with Crippen molar-refractivity contribution < 1.29 is 9.53 Å². The number of benzene rings is 3. The van der Waals surface area contributed by atoms with Crippen LogP contribution < -0.4 is 10.6 Å². The van der Waals surface area contributed by atoms with Gasteiger partial charge in [0.25, 0.3) is 0 Å². The van der Waals surface area contributed by atoms with Crippen molar-refractivity contribution in [3.8, 4) is 0 Å². The molecule has 1 heterocycles. The third-order valence-electron chi connectivity index (χ3n) is 7.74. The van der Waals surface area contributed by atoms with E-state index in [1.165, 1.54) is 54.0 Å². The SMILES string of the molecule is CCN=CC(=CN)c1ccc2c(c1)CC(C)N(c1ccc(C3CC3)cc1)C2c1ccc(/C=C/C(=O)OC)cc1. The van der Waals surface area contributed by atoms with Gasteiger partial charge in [-0.2, -0.15) is 0 Å². The standard InChI is InChI=1S/C34H37N3O2/c1-4-36-22-30(21-35)28-14-17-32-29(20-28)19-23(2)37(31-15-12-26(13-16-31)25-10-11-25)34(32)27-8-5-24(6-9-27)7-18-33(38)39-3/h5-9,12-18,20-23,25,34H,4,10-11,19,35H2,1-3H3/b18-7+,30-21?,36-22?. The third kappa shape index (κ3) is 5.83. The lowest BCUT2D eigenvalue weighted by Gasteiger charge is -2.44. The maximum Gasteiger partial charge on any atom is 0.330 e. The van der Waals surface area contributed by atoms with Crippen LogP contribution in [0, 0.1) is 0 Å². The zero-order valence-corrected chi connectivity index (χ0v) is 23.0. The Balaban J connectivity index is 1.56. The van der Waals surface area contributed by atoms with Crippen LogP contribution in [-0.4, -0.2) is 31.9 Å². The van der Waals surface area contributed by atoms with E-state index in [1.54, 1.807) is 12.3 Å². The molecule has 3 aromatic carbocycles. The number of hydrogen-bond acceptors (Lipinski definition) is 5. The lowest BCUT2D eigenvalue weighted by atomic mass is 9.83. The zero-order valence-electron chi connectivity index (χ0n) is 23.0. The summed E-state index contributed by atoms with van der Waals surface area (Å²) in [4.78, 5) is 18.5. The molecule has 200 valence electrons. The van der Waals surface area contributed by atoms with Gasteiger partial charge in [-0.3, -0.25) is 4.99 Å². The van der Waals surface area contributed by atoms with Crippen LogP contribution in [0.4, 0.5) is 5.69 Å². The minimum absolute atomic E-state index is 0.0535. The molecule has 2 aliphatic rings. The molecule has 2 N–H and O–H groups in total. The van der Waals surface area contributed by atoms with Crippen LogP contribution in [0.1, 0.15) is 72.0 Å². The topological polar surface area (TPSA) is 67.9 Å². The summed E-state index contributed by atoms with van der Waals surface area (Å²) in [6.45, 7) is 5.05. The molecule has 0 radical (unpaired) electrons. The van der Waals surface area contributed by atoms with E-state index in [0.717, 1.165) is 35.6 Å². The molecular formula is C34H37N3O2. The number of nitrogens with zero attached hydrogens (tertiary/aromatic N) is 2. The molecule has 3 aromatic rings. The predicted octanol–water partition coefficient (Wildman–Crippen LogP) is 6.68. The van der Waals surface area contributed by atoms with Crippen molar-refractivity contribution in [2.45, 2.75) is 51.1 Å². The first kappa shape index (κ1) is 26.5. The Kier molecular flexibility index (Phi) is 7.97. The van der Waals surface area contributed by atoms with Gasteiger partial charge < -0.3 is 15.4 Å². The molecule has 1 aliphatic heterocycles. The van der Waals surface area contributed by atoms with Crippen LogP contribution in [-0.2, 0) is 16.0 Å². The van der Waals surface area contributed by atoms with Crippen molar-refractivity contribution >= 4 is 29.5 Å². The van der Waals surface area contributed by atoms with E-state index < -0.39 is 0 Å². The minimum Gasteiger partial charge on any atom is -0.466 e. The number of fused-ring (bicyclic) bond motifs is 1. The van der Waals surface area contributed by atoms with E-state index in [4.69, 9.17) is 10.5 Å². The molecule has 2 unspecified atom stereocenters. The van der Waals surface area contributed by atoms with Crippen LogP contribution in [0.3, 0.4) is 0 Å². The first-order valence-electron chi connectivity index (χ1n) is 13.8. The summed E-state index contributed by atoms with van der Waals surface area (Å²) in [5.74, 6) is 0.375. The van der Waals surface area contributed by atoms with Gasteiger partial charge in [0.15, 0.2) is 0 Å². The molecule has 5 heteroatoms. The fraction of sp³-hybridized carbons (Fsp3) is 0.294. The van der Waals surface area contributed by atoms with Gasteiger partial charge >= 0.3 is 5.97 Å². The average molecular weight is 520 g/mol. The van der Waals surface area contributed by atoms with Gasteiger partial charge in [0, 0.05) is 42.3 Å². The lowest BCUT2D eigenvalue weighted by molar-refractivity contribution is -0.134. The maximum atomic E-state index is 11.6. The molecule has 0 aromatic heterocycles. The van der Waals surface area contributed by atoms with E-state index in [0.29, 0.717) is 0 Å². The minimum atomic E-state index is -0.361. The van der Waals surface area contributed by atoms with E-state index in [-0.39, 0.29) is 18.1 Å². The normalized spacial score (nSPS) is 19.5. The Morgan fingerprint density at radius 3 is 2.41 bits per heavy atom. The average Bonchev–Trinajstić information content (AvgIpc) is 3.82. The van der Waals surface area contributed by atoms with Crippen LogP contribution in [0.15, 0.2) is 84.0 Å². The molecule has 0 bridgehead atoms. The number of carbonyl (C=O) groups is 1. The van der Waals surface area contributed by atoms with Crippen LogP contribution in [0.2, 0.25) is 0 Å². The van der Waals surface area contributed by atoms with Gasteiger partial charge in [-0.05, 0) is 90.6 Å². The summed E-state index contributed by atoms with van der Waals surface area (Å²) in [6, 6.07) is 24.7. The largest absolute Gasteiger partial charge is 0.466 e. The number of hydrogen-bond donors (Lipinski definition) is 1. The van der Waals surface area contributed by atoms with Crippen LogP contribution >= 0.6 is 0 Å². The summed E-state index contributed by atoms with van der Waals surface area (Å²) in [5.41, 5.74) is 15.5. The molecule has 1 saturated carbocycles. The maximum absolute atomic E-state index is 11.6. The molecule has 1 aliphatic carbocycles.